The monoisotopic (exact) mass is 319 g/mol. The molecular weight excluding hydrogens is 301 g/mol. The van der Waals surface area contributed by atoms with Crippen molar-refractivity contribution in [1.82, 2.24) is 5.32 Å². The van der Waals surface area contributed by atoms with Crippen LogP contribution in [-0.4, -0.2) is 26.5 Å². The molecule has 1 aliphatic heterocycles. The molecular formula is C14H19ClFNO2S. The molecule has 1 heterocycles. The molecule has 1 N–H and O–H groups in total. The highest BCUT2D eigenvalue weighted by Crippen LogP contribution is 2.35. The van der Waals surface area contributed by atoms with Crippen molar-refractivity contribution in [2.24, 2.45) is 5.92 Å². The van der Waals surface area contributed by atoms with Gasteiger partial charge in [-0.3, -0.25) is 0 Å². The van der Waals surface area contributed by atoms with Crippen LogP contribution in [0.4, 0.5) is 4.39 Å². The Balaban J connectivity index is 2.36. The van der Waals surface area contributed by atoms with Crippen LogP contribution < -0.4 is 5.32 Å². The molecule has 1 fully saturated rings. The van der Waals surface area contributed by atoms with E-state index in [1.54, 1.807) is 13.0 Å². The number of rotatable bonds is 4. The zero-order valence-electron chi connectivity index (χ0n) is 11.6. The van der Waals surface area contributed by atoms with Gasteiger partial charge in [0.2, 0.25) is 0 Å². The fourth-order valence-electron chi connectivity index (χ4n) is 2.76. The van der Waals surface area contributed by atoms with Crippen molar-refractivity contribution >= 4 is 21.4 Å². The number of benzene rings is 1. The average Bonchev–Trinajstić information content (AvgIpc) is 2.71. The Hall–Kier alpha value is -0.650. The lowest BCUT2D eigenvalue weighted by atomic mass is 9.91. The first-order valence-corrected chi connectivity index (χ1v) is 8.93. The summed E-state index contributed by atoms with van der Waals surface area (Å²) in [6.45, 7) is 4.35. The van der Waals surface area contributed by atoms with Gasteiger partial charge in [-0.25, -0.2) is 12.8 Å². The zero-order valence-corrected chi connectivity index (χ0v) is 13.2. The van der Waals surface area contributed by atoms with Gasteiger partial charge in [0.15, 0.2) is 9.84 Å². The highest BCUT2D eigenvalue weighted by atomic mass is 35.5. The van der Waals surface area contributed by atoms with E-state index >= 15 is 0 Å². The summed E-state index contributed by atoms with van der Waals surface area (Å²) in [7, 11) is -2.96. The Morgan fingerprint density at radius 3 is 2.75 bits per heavy atom. The lowest BCUT2D eigenvalue weighted by Gasteiger charge is -2.25. The van der Waals surface area contributed by atoms with E-state index in [0.29, 0.717) is 23.6 Å². The van der Waals surface area contributed by atoms with Crippen LogP contribution in [0, 0.1) is 18.7 Å². The Labute approximate surface area is 124 Å². The van der Waals surface area contributed by atoms with Crippen LogP contribution in [-0.2, 0) is 9.84 Å². The normalized spacial score (nSPS) is 22.9. The number of halogens is 2. The second-order valence-electron chi connectivity index (χ2n) is 5.32. The molecule has 1 saturated heterocycles. The van der Waals surface area contributed by atoms with Gasteiger partial charge in [0.25, 0.3) is 0 Å². The summed E-state index contributed by atoms with van der Waals surface area (Å²) >= 11 is 6.15. The van der Waals surface area contributed by atoms with Crippen LogP contribution in [0.3, 0.4) is 0 Å². The van der Waals surface area contributed by atoms with E-state index in [1.807, 2.05) is 6.92 Å². The quantitative estimate of drug-likeness (QED) is 0.928. The van der Waals surface area contributed by atoms with Crippen LogP contribution >= 0.6 is 11.6 Å². The van der Waals surface area contributed by atoms with Gasteiger partial charge in [0, 0.05) is 11.1 Å². The third kappa shape index (κ3) is 3.32. The number of aryl methyl sites for hydroxylation is 1. The van der Waals surface area contributed by atoms with Gasteiger partial charge in [0.05, 0.1) is 11.5 Å². The smallest absolute Gasteiger partial charge is 0.150 e. The van der Waals surface area contributed by atoms with Gasteiger partial charge in [-0.1, -0.05) is 24.6 Å². The highest BCUT2D eigenvalue weighted by Gasteiger charge is 2.35. The van der Waals surface area contributed by atoms with Crippen molar-refractivity contribution in [3.63, 3.8) is 0 Å². The summed E-state index contributed by atoms with van der Waals surface area (Å²) in [4.78, 5) is 0. The Bertz CT molecular complexity index is 603. The fraction of sp³-hybridized carbons (Fsp3) is 0.571. The molecule has 0 aromatic heterocycles. The third-order valence-electron chi connectivity index (χ3n) is 3.78. The number of hydrogen-bond donors (Lipinski definition) is 1. The number of nitrogens with one attached hydrogen (secondary N) is 1. The van der Waals surface area contributed by atoms with Crippen LogP contribution in [0.2, 0.25) is 5.02 Å². The van der Waals surface area contributed by atoms with Gasteiger partial charge in [-0.15, -0.1) is 0 Å². The summed E-state index contributed by atoms with van der Waals surface area (Å²) in [5.41, 5.74) is 1.31. The first kappa shape index (κ1) is 15.7. The molecule has 2 unspecified atom stereocenters. The lowest BCUT2D eigenvalue weighted by molar-refractivity contribution is 0.400. The molecule has 0 aliphatic carbocycles. The average molecular weight is 320 g/mol. The van der Waals surface area contributed by atoms with Crippen molar-refractivity contribution in [1.29, 1.82) is 0 Å². The molecule has 1 aromatic rings. The molecule has 0 radical (unpaired) electrons. The van der Waals surface area contributed by atoms with Crippen LogP contribution in [0.15, 0.2) is 12.1 Å². The molecule has 0 spiro atoms. The highest BCUT2D eigenvalue weighted by molar-refractivity contribution is 7.91. The van der Waals surface area contributed by atoms with E-state index in [1.165, 1.54) is 6.07 Å². The van der Waals surface area contributed by atoms with Crippen molar-refractivity contribution in [3.05, 3.63) is 34.1 Å². The number of hydrogen-bond acceptors (Lipinski definition) is 3. The van der Waals surface area contributed by atoms with Crippen LogP contribution in [0.5, 0.6) is 0 Å². The molecule has 1 aliphatic rings. The van der Waals surface area contributed by atoms with Crippen LogP contribution in [0.25, 0.3) is 0 Å². The third-order valence-corrected chi connectivity index (χ3v) is 5.90. The van der Waals surface area contributed by atoms with Gasteiger partial charge < -0.3 is 5.32 Å². The molecule has 1 aromatic carbocycles. The minimum atomic E-state index is -2.96. The van der Waals surface area contributed by atoms with Crippen molar-refractivity contribution < 1.29 is 12.8 Å². The summed E-state index contributed by atoms with van der Waals surface area (Å²) in [6, 6.07) is 2.87. The SMILES string of the molecule is CCNC(c1cc(C)c(F)cc1Cl)C1CCS(=O)(=O)C1. The minimum absolute atomic E-state index is 0.0117. The van der Waals surface area contributed by atoms with E-state index in [0.717, 1.165) is 5.56 Å². The predicted molar refractivity (Wildman–Crippen MR) is 79.3 cm³/mol. The van der Waals surface area contributed by atoms with E-state index in [9.17, 15) is 12.8 Å². The fourth-order valence-corrected chi connectivity index (χ4v) is 4.86. The molecule has 3 nitrogen and oxygen atoms in total. The molecule has 0 saturated carbocycles. The van der Waals surface area contributed by atoms with Gasteiger partial charge in [-0.2, -0.15) is 0 Å². The maximum atomic E-state index is 13.5. The van der Waals surface area contributed by atoms with Crippen LogP contribution in [0.1, 0.15) is 30.5 Å². The summed E-state index contributed by atoms with van der Waals surface area (Å²) in [5, 5.41) is 3.65. The summed E-state index contributed by atoms with van der Waals surface area (Å²) < 4.78 is 36.8. The zero-order chi connectivity index (χ0) is 14.9. The number of sulfone groups is 1. The molecule has 112 valence electrons. The van der Waals surface area contributed by atoms with Gasteiger partial charge >= 0.3 is 0 Å². The Morgan fingerprint density at radius 2 is 2.20 bits per heavy atom. The van der Waals surface area contributed by atoms with Crippen molar-refractivity contribution in [2.75, 3.05) is 18.1 Å². The summed E-state index contributed by atoms with van der Waals surface area (Å²) in [6.07, 6.45) is 0.618. The minimum Gasteiger partial charge on any atom is -0.310 e. The largest absolute Gasteiger partial charge is 0.310 e. The predicted octanol–water partition coefficient (Wildman–Crippen LogP) is 2.87. The molecule has 2 rings (SSSR count). The van der Waals surface area contributed by atoms with Gasteiger partial charge in [0.1, 0.15) is 5.82 Å². The summed E-state index contributed by atoms with van der Waals surface area (Å²) in [5.74, 6) is 0.0322. The first-order chi connectivity index (χ1) is 9.34. The topological polar surface area (TPSA) is 46.2 Å². The van der Waals surface area contributed by atoms with E-state index in [2.05, 4.69) is 5.32 Å². The van der Waals surface area contributed by atoms with Crippen molar-refractivity contribution in [3.8, 4) is 0 Å². The Morgan fingerprint density at radius 1 is 1.50 bits per heavy atom. The van der Waals surface area contributed by atoms with E-state index in [-0.39, 0.29) is 29.3 Å². The standard InChI is InChI=1S/C14H19ClFNO2S/c1-3-17-14(10-4-5-20(18,19)8-10)11-6-9(2)13(16)7-12(11)15/h6-7,10,14,17H,3-5,8H2,1-2H3. The molecule has 0 amide bonds. The van der Waals surface area contributed by atoms with Crippen molar-refractivity contribution in [2.45, 2.75) is 26.3 Å². The Kier molecular flexibility index (Phi) is 4.72. The molecule has 2 atom stereocenters. The van der Waals surface area contributed by atoms with E-state index < -0.39 is 9.84 Å². The maximum Gasteiger partial charge on any atom is 0.150 e. The molecule has 20 heavy (non-hydrogen) atoms. The lowest BCUT2D eigenvalue weighted by Crippen LogP contribution is -2.29. The second-order valence-corrected chi connectivity index (χ2v) is 7.96. The second kappa shape index (κ2) is 6.00. The maximum absolute atomic E-state index is 13.5. The molecule has 0 bridgehead atoms. The first-order valence-electron chi connectivity index (χ1n) is 6.73. The van der Waals surface area contributed by atoms with Gasteiger partial charge in [-0.05, 0) is 43.0 Å². The molecule has 6 heteroatoms. The van der Waals surface area contributed by atoms with E-state index in [4.69, 9.17) is 11.6 Å².